The molecule has 0 saturated heterocycles. The van der Waals surface area contributed by atoms with Gasteiger partial charge in [0.1, 0.15) is 0 Å². The van der Waals surface area contributed by atoms with E-state index >= 15 is 0 Å². The maximum atomic E-state index is 2.42. The number of aromatic nitrogens is 1. The molecule has 0 aliphatic rings. The summed E-state index contributed by atoms with van der Waals surface area (Å²) in [7, 11) is 0. The van der Waals surface area contributed by atoms with Crippen molar-refractivity contribution < 1.29 is 0 Å². The summed E-state index contributed by atoms with van der Waals surface area (Å²) in [6.07, 6.45) is 0. The predicted molar refractivity (Wildman–Crippen MR) is 285 cm³/mol. The molecule has 0 radical (unpaired) electrons. The van der Waals surface area contributed by atoms with Crippen LogP contribution in [0.25, 0.3) is 135 Å². The Morgan fingerprint density at radius 2 is 0.652 bits per heavy atom. The van der Waals surface area contributed by atoms with Crippen LogP contribution in [0, 0.1) is 0 Å². The lowest BCUT2D eigenvalue weighted by molar-refractivity contribution is 1.18. The molecule has 14 rings (SSSR count). The first kappa shape index (κ1) is 37.1. The van der Waals surface area contributed by atoms with Crippen LogP contribution in [-0.4, -0.2) is 4.57 Å². The molecule has 306 valence electrons. The van der Waals surface area contributed by atoms with Crippen molar-refractivity contribution in [2.45, 2.75) is 0 Å². The normalized spacial score (nSPS) is 11.9. The molecule has 0 unspecified atom stereocenters. The van der Waals surface area contributed by atoms with E-state index in [9.17, 15) is 0 Å². The van der Waals surface area contributed by atoms with Crippen molar-refractivity contribution in [1.82, 2.24) is 4.57 Å². The Bertz CT molecular complexity index is 4160. The number of benzene rings is 12. The van der Waals surface area contributed by atoms with E-state index in [0.29, 0.717) is 0 Å². The van der Waals surface area contributed by atoms with Gasteiger partial charge >= 0.3 is 0 Å². The van der Waals surface area contributed by atoms with Gasteiger partial charge in [-0.15, -0.1) is 11.3 Å². The number of fused-ring (bicyclic) bond motifs is 10. The molecule has 2 heteroatoms. The smallest absolute Gasteiger partial charge is 0.0547 e. The largest absolute Gasteiger partial charge is 0.309 e. The Morgan fingerprint density at radius 1 is 0.258 bits per heavy atom. The van der Waals surface area contributed by atoms with Crippen molar-refractivity contribution in [2.75, 3.05) is 0 Å². The molecule has 0 bridgehead atoms. The van der Waals surface area contributed by atoms with E-state index in [1.54, 1.807) is 0 Å². The van der Waals surface area contributed by atoms with Gasteiger partial charge in [0, 0.05) is 42.2 Å². The average Bonchev–Trinajstić information content (AvgIpc) is 3.94. The van der Waals surface area contributed by atoms with Crippen molar-refractivity contribution >= 4 is 96.4 Å². The molecular weight excluding hydrogens is 815 g/mol. The van der Waals surface area contributed by atoms with E-state index in [0.717, 1.165) is 5.69 Å². The van der Waals surface area contributed by atoms with Crippen molar-refractivity contribution in [2.24, 2.45) is 0 Å². The third kappa shape index (κ3) is 5.34. The quantitative estimate of drug-likeness (QED) is 0.152. The molecule has 0 aliphatic heterocycles. The fraction of sp³-hybridized carbons (Fsp3) is 0. The summed E-state index contributed by atoms with van der Waals surface area (Å²) in [5.41, 5.74) is 13.7. The maximum Gasteiger partial charge on any atom is 0.0547 e. The van der Waals surface area contributed by atoms with Crippen molar-refractivity contribution in [1.29, 1.82) is 0 Å². The van der Waals surface area contributed by atoms with Gasteiger partial charge in [0.2, 0.25) is 0 Å². The second-order valence-electron chi connectivity index (χ2n) is 17.4. The molecule has 0 aliphatic carbocycles. The van der Waals surface area contributed by atoms with Crippen LogP contribution in [0.1, 0.15) is 0 Å². The Balaban J connectivity index is 1.05. The number of nitrogens with zero attached hydrogens (tertiary/aromatic N) is 1. The number of rotatable bonds is 5. The van der Waals surface area contributed by atoms with E-state index < -0.39 is 0 Å². The molecule has 0 N–H and O–H groups in total. The zero-order valence-corrected chi connectivity index (χ0v) is 36.7. The summed E-state index contributed by atoms with van der Waals surface area (Å²) in [5, 5.41) is 15.2. The third-order valence-electron chi connectivity index (χ3n) is 14.0. The van der Waals surface area contributed by atoms with Crippen molar-refractivity contribution in [3.8, 4) is 50.2 Å². The monoisotopic (exact) mass is 853 g/mol. The summed E-state index contributed by atoms with van der Waals surface area (Å²) in [6, 6.07) is 87.6. The Hall–Kier alpha value is -8.30. The minimum atomic E-state index is 1.16. The van der Waals surface area contributed by atoms with E-state index in [4.69, 9.17) is 0 Å². The minimum absolute atomic E-state index is 1.16. The highest BCUT2D eigenvalue weighted by Crippen LogP contribution is 2.52. The summed E-state index contributed by atoms with van der Waals surface area (Å²) < 4.78 is 5.03. The number of thiophene rings is 1. The molecule has 2 aromatic heterocycles. The molecule has 14 aromatic rings. The Labute approximate surface area is 385 Å². The summed E-state index contributed by atoms with van der Waals surface area (Å²) in [5.74, 6) is 0. The fourth-order valence-electron chi connectivity index (χ4n) is 11.4. The Morgan fingerprint density at radius 3 is 1.23 bits per heavy atom. The van der Waals surface area contributed by atoms with Gasteiger partial charge in [0.05, 0.1) is 11.0 Å². The summed E-state index contributed by atoms with van der Waals surface area (Å²) in [6.45, 7) is 0. The van der Waals surface area contributed by atoms with Gasteiger partial charge in [-0.25, -0.2) is 0 Å². The third-order valence-corrected chi connectivity index (χ3v) is 15.2. The first-order valence-corrected chi connectivity index (χ1v) is 23.6. The maximum absolute atomic E-state index is 2.42. The molecule has 0 atom stereocenters. The summed E-state index contributed by atoms with van der Waals surface area (Å²) in [4.78, 5) is 0. The van der Waals surface area contributed by atoms with Crippen molar-refractivity contribution in [3.05, 3.63) is 237 Å². The molecule has 0 fully saturated rings. The van der Waals surface area contributed by atoms with E-state index in [2.05, 4.69) is 241 Å². The lowest BCUT2D eigenvalue weighted by Gasteiger charge is -2.19. The van der Waals surface area contributed by atoms with Crippen LogP contribution in [0.15, 0.2) is 237 Å². The zero-order valence-electron chi connectivity index (χ0n) is 35.9. The highest BCUT2D eigenvalue weighted by Gasteiger charge is 2.24. The molecular formula is C64H39NS. The molecule has 1 nitrogen and oxygen atoms in total. The zero-order chi connectivity index (χ0) is 43.3. The number of hydrogen-bond acceptors (Lipinski definition) is 1. The highest BCUT2D eigenvalue weighted by molar-refractivity contribution is 7.26. The molecule has 2 heterocycles. The van der Waals surface area contributed by atoms with Crippen LogP contribution in [0.5, 0.6) is 0 Å². The van der Waals surface area contributed by atoms with Gasteiger partial charge in [-0.05, 0) is 112 Å². The topological polar surface area (TPSA) is 4.93 Å². The van der Waals surface area contributed by atoms with E-state index in [1.807, 2.05) is 11.3 Å². The van der Waals surface area contributed by atoms with Gasteiger partial charge < -0.3 is 4.57 Å². The molecule has 66 heavy (non-hydrogen) atoms. The molecule has 0 amide bonds. The van der Waals surface area contributed by atoms with Crippen LogP contribution >= 0.6 is 11.3 Å². The van der Waals surface area contributed by atoms with Crippen LogP contribution in [-0.2, 0) is 0 Å². The Kier molecular flexibility index (Phi) is 8.22. The van der Waals surface area contributed by atoms with Gasteiger partial charge in [0.15, 0.2) is 0 Å². The van der Waals surface area contributed by atoms with Gasteiger partial charge in [-0.1, -0.05) is 206 Å². The average molecular weight is 854 g/mol. The predicted octanol–water partition coefficient (Wildman–Crippen LogP) is 18.4. The number of para-hydroxylation sites is 2. The lowest BCUT2D eigenvalue weighted by atomic mass is 9.83. The lowest BCUT2D eigenvalue weighted by Crippen LogP contribution is -1.94. The minimum Gasteiger partial charge on any atom is -0.309 e. The molecule has 0 saturated carbocycles. The van der Waals surface area contributed by atoms with Crippen LogP contribution < -0.4 is 0 Å². The highest BCUT2D eigenvalue weighted by atomic mass is 32.1. The van der Waals surface area contributed by atoms with Crippen LogP contribution in [0.2, 0.25) is 0 Å². The fourth-order valence-corrected chi connectivity index (χ4v) is 12.6. The number of hydrogen-bond donors (Lipinski definition) is 0. The van der Waals surface area contributed by atoms with Crippen LogP contribution in [0.4, 0.5) is 0 Å². The molecule has 0 spiro atoms. The SMILES string of the molecule is c1ccc(-c2c3ccccc3c(-c3cccc4c3sc3cccc(-c5c6ccccc6c(-c6cccc7c6c6ccccc6n7-c6ccccc6)c6ccccc56)c34)c3ccccc23)cc1. The van der Waals surface area contributed by atoms with Gasteiger partial charge in [-0.3, -0.25) is 0 Å². The first-order chi connectivity index (χ1) is 32.8. The van der Waals surface area contributed by atoms with E-state index in [-0.39, 0.29) is 0 Å². The van der Waals surface area contributed by atoms with E-state index in [1.165, 1.54) is 130 Å². The standard InChI is InChI=1S/C64H39NS/c1-3-20-40(21-4-1)58-42-24-7-9-26-44(42)61(45-27-10-8-25-43(45)58)53-35-17-36-54-63-52(34-19-39-57(63)66-64(53)54)60-48-30-13-11-28-46(48)59(47-29-12-14-31-49(47)60)51-33-18-38-56-62(51)50-32-15-16-37-55(50)65(56)41-22-5-2-6-23-41/h1-39H. The van der Waals surface area contributed by atoms with Gasteiger partial charge in [0.25, 0.3) is 0 Å². The second kappa shape index (κ2) is 14.6. The first-order valence-electron chi connectivity index (χ1n) is 22.8. The van der Waals surface area contributed by atoms with Crippen molar-refractivity contribution in [3.63, 3.8) is 0 Å². The van der Waals surface area contributed by atoms with Crippen LogP contribution in [0.3, 0.4) is 0 Å². The second-order valence-corrected chi connectivity index (χ2v) is 18.5. The molecule has 12 aromatic carbocycles. The summed E-state index contributed by atoms with van der Waals surface area (Å²) >= 11 is 1.92. The van der Waals surface area contributed by atoms with Gasteiger partial charge in [-0.2, -0.15) is 0 Å².